The zero-order chi connectivity index (χ0) is 11.5. The molecule has 0 spiro atoms. The number of nitrogens with two attached hydrogens (primary N) is 1. The lowest BCUT2D eigenvalue weighted by molar-refractivity contribution is 1.04. The second-order valence-electron chi connectivity index (χ2n) is 3.31. The van der Waals surface area contributed by atoms with Crippen molar-refractivity contribution in [2.45, 2.75) is 20.3 Å². The van der Waals surface area contributed by atoms with Crippen molar-refractivity contribution in [3.8, 4) is 0 Å². The smallest absolute Gasteiger partial charge is 0.230 e. The zero-order valence-electron chi connectivity index (χ0n) is 9.19. The van der Waals surface area contributed by atoms with E-state index in [-0.39, 0.29) is 0 Å². The molecular weight excluding hydrogens is 222 g/mol. The van der Waals surface area contributed by atoms with Gasteiger partial charge in [-0.15, -0.1) is 11.3 Å². The van der Waals surface area contributed by atoms with Crippen molar-refractivity contribution in [3.63, 3.8) is 0 Å². The van der Waals surface area contributed by atoms with Gasteiger partial charge in [0.1, 0.15) is 5.82 Å². The number of aryl methyl sites for hydroxylation is 2. The Morgan fingerprint density at radius 3 is 2.88 bits per heavy atom. The summed E-state index contributed by atoms with van der Waals surface area (Å²) in [6, 6.07) is 1.65. The summed E-state index contributed by atoms with van der Waals surface area (Å²) in [5, 5.41) is 3.85. The van der Waals surface area contributed by atoms with E-state index in [1.54, 1.807) is 23.6 Å². The molecule has 0 radical (unpaired) electrons. The summed E-state index contributed by atoms with van der Waals surface area (Å²) in [4.78, 5) is 13.8. The summed E-state index contributed by atoms with van der Waals surface area (Å²) in [7, 11) is 0. The van der Waals surface area contributed by atoms with Crippen LogP contribution in [-0.2, 0) is 6.42 Å². The topological polar surface area (TPSA) is 76.7 Å². The zero-order valence-corrected chi connectivity index (χ0v) is 10.0. The fourth-order valence-electron chi connectivity index (χ4n) is 1.34. The minimum Gasteiger partial charge on any atom is -0.384 e. The van der Waals surface area contributed by atoms with E-state index in [9.17, 15) is 0 Å². The highest BCUT2D eigenvalue weighted by Gasteiger charge is 2.06. The largest absolute Gasteiger partial charge is 0.384 e. The van der Waals surface area contributed by atoms with E-state index in [1.165, 1.54) is 4.88 Å². The number of nitrogens with zero attached hydrogens (tertiary/aromatic N) is 3. The first kappa shape index (κ1) is 10.8. The van der Waals surface area contributed by atoms with Crippen LogP contribution >= 0.6 is 11.3 Å². The van der Waals surface area contributed by atoms with Crippen molar-refractivity contribution in [1.82, 2.24) is 15.0 Å². The van der Waals surface area contributed by atoms with E-state index in [2.05, 4.69) is 34.1 Å². The van der Waals surface area contributed by atoms with Crippen LogP contribution < -0.4 is 11.1 Å². The molecule has 3 N–H and O–H groups in total. The summed E-state index contributed by atoms with van der Waals surface area (Å²) < 4.78 is 0. The Balaban J connectivity index is 2.20. The Labute approximate surface area is 97.8 Å². The summed E-state index contributed by atoms with van der Waals surface area (Å²) in [6.07, 6.45) is 2.55. The summed E-state index contributed by atoms with van der Waals surface area (Å²) in [5.41, 5.74) is 6.67. The van der Waals surface area contributed by atoms with Gasteiger partial charge < -0.3 is 5.73 Å². The first-order valence-corrected chi connectivity index (χ1v) is 5.82. The van der Waals surface area contributed by atoms with Crippen LogP contribution in [0.2, 0.25) is 0 Å². The van der Waals surface area contributed by atoms with Crippen LogP contribution in [0, 0.1) is 6.92 Å². The number of hydrogen-bond donors (Lipinski definition) is 2. The molecule has 2 rings (SSSR count). The van der Waals surface area contributed by atoms with E-state index >= 15 is 0 Å². The molecule has 0 unspecified atom stereocenters. The van der Waals surface area contributed by atoms with Crippen molar-refractivity contribution in [2.24, 2.45) is 0 Å². The molecule has 2 heterocycles. The van der Waals surface area contributed by atoms with Crippen LogP contribution in [0.15, 0.2) is 12.3 Å². The van der Waals surface area contributed by atoms with Gasteiger partial charge in [0.25, 0.3) is 0 Å². The van der Waals surface area contributed by atoms with Gasteiger partial charge in [-0.05, 0) is 19.4 Å². The van der Waals surface area contributed by atoms with E-state index in [0.717, 1.165) is 17.2 Å². The van der Waals surface area contributed by atoms with Crippen molar-refractivity contribution in [1.29, 1.82) is 0 Å². The summed E-state index contributed by atoms with van der Waals surface area (Å²) in [6.45, 7) is 4.14. The van der Waals surface area contributed by atoms with Crippen LogP contribution in [0.1, 0.15) is 17.5 Å². The average molecular weight is 235 g/mol. The highest BCUT2D eigenvalue weighted by molar-refractivity contribution is 7.15. The summed E-state index contributed by atoms with van der Waals surface area (Å²) in [5.74, 6) is 0.929. The molecule has 6 heteroatoms. The summed E-state index contributed by atoms with van der Waals surface area (Å²) >= 11 is 1.60. The van der Waals surface area contributed by atoms with Gasteiger partial charge >= 0.3 is 0 Å². The normalized spacial score (nSPS) is 10.4. The molecule has 0 bridgehead atoms. The second-order valence-corrected chi connectivity index (χ2v) is 4.51. The third-order valence-corrected chi connectivity index (χ3v) is 3.05. The molecule has 0 aromatic carbocycles. The van der Waals surface area contributed by atoms with Gasteiger partial charge in [0.05, 0.1) is 5.69 Å². The van der Waals surface area contributed by atoms with E-state index in [1.807, 2.05) is 0 Å². The van der Waals surface area contributed by atoms with Crippen molar-refractivity contribution in [2.75, 3.05) is 11.1 Å². The van der Waals surface area contributed by atoms with Crippen molar-refractivity contribution < 1.29 is 0 Å². The fraction of sp³-hybridized carbons (Fsp3) is 0.300. The quantitative estimate of drug-likeness (QED) is 0.852. The van der Waals surface area contributed by atoms with E-state index in [4.69, 9.17) is 5.73 Å². The molecule has 0 saturated heterocycles. The Bertz CT molecular complexity index is 494. The molecule has 0 atom stereocenters. The predicted octanol–water partition coefficient (Wildman–Crippen LogP) is 2.13. The van der Waals surface area contributed by atoms with E-state index < -0.39 is 0 Å². The predicted molar refractivity (Wildman–Crippen MR) is 66.0 cm³/mol. The van der Waals surface area contributed by atoms with Gasteiger partial charge in [0.2, 0.25) is 5.95 Å². The molecule has 2 aromatic rings. The van der Waals surface area contributed by atoms with Crippen molar-refractivity contribution >= 4 is 28.2 Å². The first-order valence-electron chi connectivity index (χ1n) is 5.01. The number of nitrogens with one attached hydrogen (secondary N) is 1. The lowest BCUT2D eigenvalue weighted by atomic mass is 10.3. The third-order valence-electron chi connectivity index (χ3n) is 2.12. The van der Waals surface area contributed by atoms with Gasteiger partial charge in [-0.1, -0.05) is 6.92 Å². The molecule has 0 amide bonds. The van der Waals surface area contributed by atoms with Crippen LogP contribution in [0.3, 0.4) is 0 Å². The number of rotatable bonds is 3. The second kappa shape index (κ2) is 4.44. The minimum absolute atomic E-state index is 0.446. The highest BCUT2D eigenvalue weighted by Crippen LogP contribution is 2.24. The Hall–Kier alpha value is -1.69. The Kier molecular flexibility index (Phi) is 3.00. The first-order chi connectivity index (χ1) is 7.69. The number of nitrogen functional groups attached to an aromatic ring is 1. The number of hydrogen-bond acceptors (Lipinski definition) is 6. The van der Waals surface area contributed by atoms with Crippen LogP contribution in [0.5, 0.6) is 0 Å². The lowest BCUT2D eigenvalue weighted by Gasteiger charge is -1.99. The van der Waals surface area contributed by atoms with Crippen LogP contribution in [0.25, 0.3) is 0 Å². The van der Waals surface area contributed by atoms with E-state index in [0.29, 0.717) is 11.8 Å². The van der Waals surface area contributed by atoms with Gasteiger partial charge in [0.15, 0.2) is 5.13 Å². The molecule has 5 nitrogen and oxygen atoms in total. The molecule has 0 saturated carbocycles. The molecule has 0 aliphatic rings. The number of aromatic nitrogens is 3. The molecule has 0 fully saturated rings. The highest BCUT2D eigenvalue weighted by atomic mass is 32.1. The maximum atomic E-state index is 5.57. The lowest BCUT2D eigenvalue weighted by Crippen LogP contribution is -1.99. The molecule has 0 aliphatic heterocycles. The van der Waals surface area contributed by atoms with Crippen LogP contribution in [0.4, 0.5) is 16.9 Å². The fourth-order valence-corrected chi connectivity index (χ4v) is 2.23. The molecular formula is C10H13N5S. The maximum absolute atomic E-state index is 5.57. The molecule has 0 aliphatic carbocycles. The number of thiazole rings is 1. The molecule has 16 heavy (non-hydrogen) atoms. The standard InChI is InChI=1S/C10H13N5S/c1-3-7-6(2)16-10(13-7)15-9-12-5-4-8(11)14-9/h4-5H,3H2,1-2H3,(H3,11,12,13,14,15). The Morgan fingerprint density at radius 2 is 2.25 bits per heavy atom. The van der Waals surface area contributed by atoms with Crippen molar-refractivity contribution in [3.05, 3.63) is 22.8 Å². The average Bonchev–Trinajstić information content (AvgIpc) is 2.58. The molecule has 84 valence electrons. The monoisotopic (exact) mass is 235 g/mol. The SMILES string of the molecule is CCc1nc(Nc2nccc(N)n2)sc1C. The maximum Gasteiger partial charge on any atom is 0.230 e. The van der Waals surface area contributed by atoms with Crippen LogP contribution in [-0.4, -0.2) is 15.0 Å². The number of anilines is 3. The Morgan fingerprint density at radius 1 is 1.44 bits per heavy atom. The molecule has 2 aromatic heterocycles. The van der Waals surface area contributed by atoms with Gasteiger partial charge in [-0.25, -0.2) is 9.97 Å². The minimum atomic E-state index is 0.446. The third kappa shape index (κ3) is 2.27. The van der Waals surface area contributed by atoms with Gasteiger partial charge in [-0.3, -0.25) is 5.32 Å². The van der Waals surface area contributed by atoms with Gasteiger partial charge in [-0.2, -0.15) is 4.98 Å². The van der Waals surface area contributed by atoms with Gasteiger partial charge in [0, 0.05) is 11.1 Å².